The topological polar surface area (TPSA) is 62.1 Å². The third-order valence-corrected chi connectivity index (χ3v) is 2.50. The molecular formula is C10H11ClN4O2. The lowest BCUT2D eigenvalue weighted by molar-refractivity contribution is 0.354. The molecule has 0 aliphatic carbocycles. The molecule has 1 heterocycles. The third-order valence-electron chi connectivity index (χ3n) is 2.27. The number of nitrogens with zero attached hydrogens (tertiary/aromatic N) is 4. The predicted molar refractivity (Wildman–Crippen MR) is 61.8 cm³/mol. The van der Waals surface area contributed by atoms with Crippen LogP contribution in [0.5, 0.6) is 11.5 Å². The van der Waals surface area contributed by atoms with E-state index < -0.39 is 0 Å². The normalized spacial score (nSPS) is 10.3. The van der Waals surface area contributed by atoms with Gasteiger partial charge in [0, 0.05) is 6.07 Å². The van der Waals surface area contributed by atoms with E-state index in [4.69, 9.17) is 21.1 Å². The lowest BCUT2D eigenvalue weighted by Crippen LogP contribution is -2.02. The number of tetrazole rings is 1. The van der Waals surface area contributed by atoms with Crippen LogP contribution in [0.1, 0.15) is 5.82 Å². The lowest BCUT2D eigenvalue weighted by atomic mass is 10.2. The van der Waals surface area contributed by atoms with Gasteiger partial charge in [-0.05, 0) is 22.6 Å². The van der Waals surface area contributed by atoms with Crippen LogP contribution in [-0.4, -0.2) is 34.4 Å². The molecule has 0 fully saturated rings. The minimum absolute atomic E-state index is 0.237. The molecule has 2 aromatic rings. The highest BCUT2D eigenvalue weighted by Crippen LogP contribution is 2.29. The van der Waals surface area contributed by atoms with Crippen molar-refractivity contribution >= 4 is 11.6 Å². The summed E-state index contributed by atoms with van der Waals surface area (Å²) in [6, 6.07) is 5.40. The highest BCUT2D eigenvalue weighted by molar-refractivity contribution is 6.16. The van der Waals surface area contributed by atoms with Gasteiger partial charge in [-0.2, -0.15) is 4.68 Å². The van der Waals surface area contributed by atoms with E-state index in [0.29, 0.717) is 17.3 Å². The highest BCUT2D eigenvalue weighted by atomic mass is 35.5. The summed E-state index contributed by atoms with van der Waals surface area (Å²) in [4.78, 5) is 0. The fourth-order valence-electron chi connectivity index (χ4n) is 1.45. The Morgan fingerprint density at radius 2 is 2.00 bits per heavy atom. The Morgan fingerprint density at radius 3 is 2.65 bits per heavy atom. The lowest BCUT2D eigenvalue weighted by Gasteiger charge is -2.09. The Kier molecular flexibility index (Phi) is 3.43. The summed E-state index contributed by atoms with van der Waals surface area (Å²) in [7, 11) is 3.16. The Balaban J connectivity index is 2.46. The van der Waals surface area contributed by atoms with Crippen molar-refractivity contribution in [2.75, 3.05) is 14.2 Å². The van der Waals surface area contributed by atoms with E-state index in [9.17, 15) is 0 Å². The molecule has 1 aromatic carbocycles. The first kappa shape index (κ1) is 11.7. The molecule has 0 saturated carbocycles. The zero-order chi connectivity index (χ0) is 12.3. The summed E-state index contributed by atoms with van der Waals surface area (Å²) in [6.07, 6.45) is 0. The van der Waals surface area contributed by atoms with Gasteiger partial charge in [0.1, 0.15) is 0 Å². The van der Waals surface area contributed by atoms with Crippen LogP contribution in [0.2, 0.25) is 0 Å². The van der Waals surface area contributed by atoms with E-state index in [1.807, 2.05) is 6.07 Å². The quantitative estimate of drug-likeness (QED) is 0.772. The molecule has 90 valence electrons. The second-order valence-corrected chi connectivity index (χ2v) is 3.45. The molecule has 0 bridgehead atoms. The van der Waals surface area contributed by atoms with E-state index in [-0.39, 0.29) is 5.88 Å². The van der Waals surface area contributed by atoms with Crippen LogP contribution in [0.4, 0.5) is 0 Å². The average Bonchev–Trinajstić information content (AvgIpc) is 2.86. The van der Waals surface area contributed by atoms with E-state index >= 15 is 0 Å². The van der Waals surface area contributed by atoms with Gasteiger partial charge in [-0.15, -0.1) is 16.7 Å². The zero-order valence-electron chi connectivity index (χ0n) is 9.42. The van der Waals surface area contributed by atoms with Crippen LogP contribution in [0, 0.1) is 0 Å². The predicted octanol–water partition coefficient (Wildman–Crippen LogP) is 1.42. The van der Waals surface area contributed by atoms with Crippen molar-refractivity contribution in [1.82, 2.24) is 20.2 Å². The molecule has 7 heteroatoms. The van der Waals surface area contributed by atoms with Crippen LogP contribution in [0.15, 0.2) is 18.2 Å². The fourth-order valence-corrected chi connectivity index (χ4v) is 1.61. The number of hydrogen-bond acceptors (Lipinski definition) is 5. The number of rotatable bonds is 4. The highest BCUT2D eigenvalue weighted by Gasteiger charge is 2.10. The summed E-state index contributed by atoms with van der Waals surface area (Å²) >= 11 is 5.74. The van der Waals surface area contributed by atoms with Gasteiger partial charge in [0.15, 0.2) is 17.3 Å². The van der Waals surface area contributed by atoms with Gasteiger partial charge in [-0.25, -0.2) is 0 Å². The summed E-state index contributed by atoms with van der Waals surface area (Å²) < 4.78 is 11.9. The van der Waals surface area contributed by atoms with Crippen LogP contribution >= 0.6 is 11.6 Å². The maximum absolute atomic E-state index is 5.74. The van der Waals surface area contributed by atoms with Gasteiger partial charge < -0.3 is 9.47 Å². The Bertz CT molecular complexity index is 515. The fraction of sp³-hybridized carbons (Fsp3) is 0.300. The summed E-state index contributed by atoms with van der Waals surface area (Å²) in [5.74, 6) is 2.07. The molecule has 6 nitrogen and oxygen atoms in total. The molecule has 0 unspecified atom stereocenters. The molecule has 0 aliphatic heterocycles. The van der Waals surface area contributed by atoms with E-state index in [1.165, 1.54) is 0 Å². The van der Waals surface area contributed by atoms with Gasteiger partial charge in [0.25, 0.3) is 0 Å². The Hall–Kier alpha value is -1.82. The first-order valence-corrected chi connectivity index (χ1v) is 5.39. The molecule has 1 aromatic heterocycles. The third kappa shape index (κ3) is 2.16. The number of ether oxygens (including phenoxy) is 2. The van der Waals surface area contributed by atoms with Gasteiger partial charge >= 0.3 is 0 Å². The van der Waals surface area contributed by atoms with Crippen molar-refractivity contribution < 1.29 is 9.47 Å². The standard InChI is InChI=1S/C10H11ClN4O2/c1-16-8-4-3-7(5-9(8)17-2)15-10(6-11)12-13-14-15/h3-5H,6H2,1-2H3. The van der Waals surface area contributed by atoms with Crippen LogP contribution in [0.25, 0.3) is 5.69 Å². The second kappa shape index (κ2) is 5.01. The molecule has 0 amide bonds. The number of hydrogen-bond donors (Lipinski definition) is 0. The summed E-state index contributed by atoms with van der Waals surface area (Å²) in [5.41, 5.74) is 0.767. The molecule has 0 spiro atoms. The minimum Gasteiger partial charge on any atom is -0.493 e. The monoisotopic (exact) mass is 254 g/mol. The van der Waals surface area contributed by atoms with E-state index in [0.717, 1.165) is 5.69 Å². The SMILES string of the molecule is COc1ccc(-n2nnnc2CCl)cc1OC. The maximum atomic E-state index is 5.74. The number of halogens is 1. The molecule has 0 atom stereocenters. The van der Waals surface area contributed by atoms with Gasteiger partial charge in [0.2, 0.25) is 0 Å². The van der Waals surface area contributed by atoms with Gasteiger partial charge in [0.05, 0.1) is 25.8 Å². The van der Waals surface area contributed by atoms with Crippen molar-refractivity contribution in [3.05, 3.63) is 24.0 Å². The smallest absolute Gasteiger partial charge is 0.171 e. The van der Waals surface area contributed by atoms with Gasteiger partial charge in [-0.1, -0.05) is 0 Å². The molecule has 2 rings (SSSR count). The van der Waals surface area contributed by atoms with Crippen molar-refractivity contribution in [2.24, 2.45) is 0 Å². The van der Waals surface area contributed by atoms with E-state index in [1.54, 1.807) is 31.0 Å². The number of methoxy groups -OCH3 is 2. The molecule has 0 radical (unpaired) electrons. The Labute approximate surface area is 103 Å². The van der Waals surface area contributed by atoms with Crippen LogP contribution < -0.4 is 9.47 Å². The molecule has 17 heavy (non-hydrogen) atoms. The summed E-state index contributed by atoms with van der Waals surface area (Å²) in [5, 5.41) is 11.2. The van der Waals surface area contributed by atoms with Crippen LogP contribution in [-0.2, 0) is 5.88 Å². The molecule has 0 aliphatic rings. The van der Waals surface area contributed by atoms with Crippen molar-refractivity contribution in [2.45, 2.75) is 5.88 Å². The van der Waals surface area contributed by atoms with Gasteiger partial charge in [-0.3, -0.25) is 0 Å². The molecule has 0 N–H and O–H groups in total. The second-order valence-electron chi connectivity index (χ2n) is 3.18. The Morgan fingerprint density at radius 1 is 1.24 bits per heavy atom. The molecular weight excluding hydrogens is 244 g/mol. The largest absolute Gasteiger partial charge is 0.493 e. The first-order chi connectivity index (χ1) is 8.30. The van der Waals surface area contributed by atoms with E-state index in [2.05, 4.69) is 15.5 Å². The van der Waals surface area contributed by atoms with Crippen LogP contribution in [0.3, 0.4) is 0 Å². The molecule has 0 saturated heterocycles. The summed E-state index contributed by atoms with van der Waals surface area (Å²) in [6.45, 7) is 0. The zero-order valence-corrected chi connectivity index (χ0v) is 10.2. The van der Waals surface area contributed by atoms with Crippen molar-refractivity contribution in [3.8, 4) is 17.2 Å². The minimum atomic E-state index is 0.237. The average molecular weight is 255 g/mol. The number of alkyl halides is 1. The number of aromatic nitrogens is 4. The van der Waals surface area contributed by atoms with Crippen molar-refractivity contribution in [1.29, 1.82) is 0 Å². The first-order valence-electron chi connectivity index (χ1n) is 4.85. The van der Waals surface area contributed by atoms with Crippen molar-refractivity contribution in [3.63, 3.8) is 0 Å². The maximum Gasteiger partial charge on any atom is 0.171 e. The number of benzene rings is 1.